The number of benzene rings is 2. The average Bonchev–Trinajstić information content (AvgIpc) is 2.84. The van der Waals surface area contributed by atoms with E-state index in [0.29, 0.717) is 5.56 Å². The molecule has 188 valence electrons. The molecule has 1 aliphatic rings. The number of carbonyl (C=O) groups excluding carboxylic acids is 1. The summed E-state index contributed by atoms with van der Waals surface area (Å²) in [6.45, 7) is -0.510. The van der Waals surface area contributed by atoms with Crippen molar-refractivity contribution in [2.75, 3.05) is 13.7 Å². The molecular formula is C23H24O12. The van der Waals surface area contributed by atoms with E-state index in [1.54, 1.807) is 0 Å². The van der Waals surface area contributed by atoms with Gasteiger partial charge in [0.2, 0.25) is 6.29 Å². The van der Waals surface area contributed by atoms with Gasteiger partial charge in [-0.3, -0.25) is 0 Å². The molecule has 12 nitrogen and oxygen atoms in total. The van der Waals surface area contributed by atoms with Gasteiger partial charge in [-0.1, -0.05) is 6.07 Å². The molecule has 2 aromatic rings. The van der Waals surface area contributed by atoms with E-state index in [1.807, 2.05) is 0 Å². The normalized spacial score (nSPS) is 24.2. The van der Waals surface area contributed by atoms with Crippen LogP contribution >= 0.6 is 0 Å². The van der Waals surface area contributed by atoms with Gasteiger partial charge in [0.05, 0.1) is 12.7 Å². The number of hydrogen-bond acceptors (Lipinski definition) is 11. The molecule has 0 radical (unpaired) electrons. The van der Waals surface area contributed by atoms with Crippen molar-refractivity contribution in [3.05, 3.63) is 53.6 Å². The van der Waals surface area contributed by atoms with Crippen molar-refractivity contribution in [1.29, 1.82) is 0 Å². The molecule has 0 amide bonds. The van der Waals surface area contributed by atoms with E-state index in [1.165, 1.54) is 49.6 Å². The average molecular weight is 492 g/mol. The first-order chi connectivity index (χ1) is 16.6. The van der Waals surface area contributed by atoms with Gasteiger partial charge in [0, 0.05) is 6.08 Å². The molecule has 1 aliphatic heterocycles. The first kappa shape index (κ1) is 25.8. The van der Waals surface area contributed by atoms with Crippen LogP contribution in [0, 0.1) is 0 Å². The number of carboxylic acids is 1. The van der Waals surface area contributed by atoms with Gasteiger partial charge in [0.15, 0.2) is 23.0 Å². The van der Waals surface area contributed by atoms with Crippen LogP contribution in [-0.2, 0) is 14.3 Å². The number of aliphatic hydroxyl groups excluding tert-OH is 3. The second kappa shape index (κ2) is 11.1. The van der Waals surface area contributed by atoms with Gasteiger partial charge in [0.25, 0.3) is 0 Å². The number of carboxylic acid groups (broad SMARTS) is 1. The van der Waals surface area contributed by atoms with Gasteiger partial charge in [-0.2, -0.15) is 0 Å². The lowest BCUT2D eigenvalue weighted by Gasteiger charge is -2.40. The molecule has 35 heavy (non-hydrogen) atoms. The SMILES string of the molecule is COc1cc(C(=O)O)ccc1O[C@@H]1O[C@H](COC(=O)C=Cc2ccc(O)c(O)c2)[C@@H](O)[C@H](O)[C@H]1O. The summed E-state index contributed by atoms with van der Waals surface area (Å²) in [6, 6.07) is 7.62. The number of carbonyl (C=O) groups is 2. The third-order valence-electron chi connectivity index (χ3n) is 5.12. The molecule has 5 atom stereocenters. The molecule has 0 spiro atoms. The predicted octanol–water partition coefficient (Wildman–Crippen LogP) is 0.248. The molecule has 0 aromatic heterocycles. The number of aliphatic hydroxyl groups is 3. The Morgan fingerprint density at radius 3 is 2.37 bits per heavy atom. The highest BCUT2D eigenvalue weighted by Gasteiger charge is 2.45. The van der Waals surface area contributed by atoms with E-state index in [9.17, 15) is 35.1 Å². The maximum absolute atomic E-state index is 12.0. The van der Waals surface area contributed by atoms with Gasteiger partial charge in [0.1, 0.15) is 31.0 Å². The van der Waals surface area contributed by atoms with Crippen molar-refractivity contribution in [2.45, 2.75) is 30.7 Å². The molecule has 0 aliphatic carbocycles. The minimum Gasteiger partial charge on any atom is -0.504 e. The van der Waals surface area contributed by atoms with Crippen LogP contribution in [0.5, 0.6) is 23.0 Å². The second-order valence-electron chi connectivity index (χ2n) is 7.51. The van der Waals surface area contributed by atoms with Crippen LogP contribution in [0.4, 0.5) is 0 Å². The van der Waals surface area contributed by atoms with Gasteiger partial charge in [-0.15, -0.1) is 0 Å². The Kier molecular flexibility index (Phi) is 8.14. The third-order valence-corrected chi connectivity index (χ3v) is 5.12. The zero-order chi connectivity index (χ0) is 25.7. The van der Waals surface area contributed by atoms with Crippen LogP contribution in [0.2, 0.25) is 0 Å². The van der Waals surface area contributed by atoms with Crippen molar-refractivity contribution < 1.29 is 59.2 Å². The van der Waals surface area contributed by atoms with Crippen molar-refractivity contribution in [1.82, 2.24) is 0 Å². The van der Waals surface area contributed by atoms with Crippen LogP contribution in [0.3, 0.4) is 0 Å². The summed E-state index contributed by atoms with van der Waals surface area (Å²) in [5, 5.41) is 58.6. The van der Waals surface area contributed by atoms with Crippen molar-refractivity contribution in [3.63, 3.8) is 0 Å². The molecule has 12 heteroatoms. The summed E-state index contributed by atoms with van der Waals surface area (Å²) >= 11 is 0. The van der Waals surface area contributed by atoms with E-state index in [4.69, 9.17) is 24.1 Å². The van der Waals surface area contributed by atoms with E-state index in [-0.39, 0.29) is 28.6 Å². The van der Waals surface area contributed by atoms with Gasteiger partial charge < -0.3 is 49.6 Å². The summed E-state index contributed by atoms with van der Waals surface area (Å²) in [5.41, 5.74) is 0.330. The Morgan fingerprint density at radius 1 is 0.971 bits per heavy atom. The summed E-state index contributed by atoms with van der Waals surface area (Å²) in [5.74, 6) is -2.69. The summed E-state index contributed by atoms with van der Waals surface area (Å²) in [6.07, 6.45) is -5.46. The van der Waals surface area contributed by atoms with E-state index in [0.717, 1.165) is 6.08 Å². The first-order valence-electron chi connectivity index (χ1n) is 10.2. The molecule has 1 saturated heterocycles. The molecule has 3 rings (SSSR count). The summed E-state index contributed by atoms with van der Waals surface area (Å²) in [4.78, 5) is 23.2. The van der Waals surface area contributed by atoms with Crippen LogP contribution < -0.4 is 9.47 Å². The van der Waals surface area contributed by atoms with Gasteiger partial charge in [-0.05, 0) is 42.0 Å². The van der Waals surface area contributed by atoms with E-state index >= 15 is 0 Å². The van der Waals surface area contributed by atoms with Gasteiger partial charge in [-0.25, -0.2) is 9.59 Å². The quantitative estimate of drug-likeness (QED) is 0.167. The number of hydrogen-bond donors (Lipinski definition) is 6. The lowest BCUT2D eigenvalue weighted by molar-refractivity contribution is -0.278. The smallest absolute Gasteiger partial charge is 0.335 e. The standard InChI is InChI=1S/C23H24O12/c1-32-16-9-12(22(30)31)4-6-15(16)34-23-21(29)20(28)19(27)17(35-23)10-33-18(26)7-3-11-2-5-13(24)14(25)8-11/h2-9,17,19-21,23-25,27-29H,10H2,1H3,(H,30,31)/t17-,19-,20+,21-,23-/m1/s1. The second-order valence-corrected chi connectivity index (χ2v) is 7.51. The molecule has 2 aromatic carbocycles. The maximum Gasteiger partial charge on any atom is 0.335 e. The van der Waals surface area contributed by atoms with Crippen LogP contribution in [0.25, 0.3) is 6.08 Å². The Balaban J connectivity index is 1.65. The lowest BCUT2D eigenvalue weighted by atomic mass is 9.99. The molecule has 0 unspecified atom stereocenters. The minimum atomic E-state index is -1.71. The molecule has 1 fully saturated rings. The lowest BCUT2D eigenvalue weighted by Crippen LogP contribution is -2.60. The molecule has 0 saturated carbocycles. The van der Waals surface area contributed by atoms with Crippen molar-refractivity contribution in [2.24, 2.45) is 0 Å². The van der Waals surface area contributed by atoms with E-state index < -0.39 is 49.3 Å². The maximum atomic E-state index is 12.0. The van der Waals surface area contributed by atoms with Gasteiger partial charge >= 0.3 is 11.9 Å². The largest absolute Gasteiger partial charge is 0.504 e. The molecule has 0 bridgehead atoms. The number of rotatable bonds is 8. The summed E-state index contributed by atoms with van der Waals surface area (Å²) in [7, 11) is 1.28. The summed E-state index contributed by atoms with van der Waals surface area (Å²) < 4.78 is 21.2. The number of esters is 1. The Bertz CT molecular complexity index is 1100. The topological polar surface area (TPSA) is 192 Å². The van der Waals surface area contributed by atoms with Crippen LogP contribution in [0.15, 0.2) is 42.5 Å². The molecule has 1 heterocycles. The predicted molar refractivity (Wildman–Crippen MR) is 117 cm³/mol. The van der Waals surface area contributed by atoms with E-state index in [2.05, 4.69) is 0 Å². The number of aromatic hydroxyl groups is 2. The Hall–Kier alpha value is -3.84. The highest BCUT2D eigenvalue weighted by Crippen LogP contribution is 2.32. The Labute approximate surface area is 198 Å². The highest BCUT2D eigenvalue weighted by molar-refractivity contribution is 5.88. The number of phenols is 2. The Morgan fingerprint density at radius 2 is 1.71 bits per heavy atom. The number of phenolic OH excluding ortho intramolecular Hbond substituents is 2. The van der Waals surface area contributed by atoms with Crippen LogP contribution in [-0.4, -0.2) is 87.0 Å². The minimum absolute atomic E-state index is 0.000897. The first-order valence-corrected chi connectivity index (χ1v) is 10.2. The monoisotopic (exact) mass is 492 g/mol. The number of ether oxygens (including phenoxy) is 4. The van der Waals surface area contributed by atoms with Crippen molar-refractivity contribution in [3.8, 4) is 23.0 Å². The number of methoxy groups -OCH3 is 1. The zero-order valence-electron chi connectivity index (χ0n) is 18.3. The number of aromatic carboxylic acids is 1. The molecular weight excluding hydrogens is 468 g/mol. The fraction of sp³-hybridized carbons (Fsp3) is 0.304. The zero-order valence-corrected chi connectivity index (χ0v) is 18.3. The molecule has 6 N–H and O–H groups in total. The van der Waals surface area contributed by atoms with Crippen molar-refractivity contribution >= 4 is 18.0 Å². The fourth-order valence-electron chi connectivity index (χ4n) is 3.20. The fourth-order valence-corrected chi connectivity index (χ4v) is 3.20. The third kappa shape index (κ3) is 6.19. The highest BCUT2D eigenvalue weighted by atomic mass is 16.7. The van der Waals surface area contributed by atoms with Crippen LogP contribution in [0.1, 0.15) is 15.9 Å².